The Morgan fingerprint density at radius 2 is 2.13 bits per heavy atom. The molecule has 0 spiro atoms. The van der Waals surface area contributed by atoms with Gasteiger partial charge in [0.15, 0.2) is 5.69 Å². The molecule has 1 heterocycles. The third kappa shape index (κ3) is 3.80. The molecule has 7 nitrogen and oxygen atoms in total. The van der Waals surface area contributed by atoms with E-state index in [-0.39, 0.29) is 5.69 Å². The molecule has 0 unspecified atom stereocenters. The second kappa shape index (κ2) is 7.62. The van der Waals surface area contributed by atoms with Gasteiger partial charge in [0.2, 0.25) is 0 Å². The topological polar surface area (TPSA) is 103 Å². The molecule has 0 saturated carbocycles. The van der Waals surface area contributed by atoms with Gasteiger partial charge in [0.1, 0.15) is 11.4 Å². The van der Waals surface area contributed by atoms with Crippen LogP contribution in [0, 0.1) is 0 Å². The van der Waals surface area contributed by atoms with Crippen LogP contribution in [0.2, 0.25) is 0 Å². The maximum Gasteiger partial charge on any atom is 0.358 e. The molecule has 23 heavy (non-hydrogen) atoms. The van der Waals surface area contributed by atoms with Gasteiger partial charge in [-0.3, -0.25) is 0 Å². The van der Waals surface area contributed by atoms with E-state index in [1.165, 1.54) is 0 Å². The molecule has 2 rings (SSSR count). The zero-order chi connectivity index (χ0) is 16.8. The summed E-state index contributed by atoms with van der Waals surface area (Å²) in [5.41, 5.74) is 7.57. The van der Waals surface area contributed by atoms with Gasteiger partial charge in [-0.05, 0) is 31.0 Å². The fraction of sp³-hybridized carbons (Fsp3) is 0.438. The van der Waals surface area contributed by atoms with Crippen LogP contribution < -0.4 is 10.5 Å². The molecule has 0 fully saturated rings. The third-order valence-corrected chi connectivity index (χ3v) is 3.41. The van der Waals surface area contributed by atoms with Crippen LogP contribution in [-0.4, -0.2) is 32.7 Å². The van der Waals surface area contributed by atoms with E-state index in [2.05, 4.69) is 17.2 Å². The Morgan fingerprint density at radius 1 is 1.35 bits per heavy atom. The van der Waals surface area contributed by atoms with Gasteiger partial charge < -0.3 is 15.6 Å². The lowest BCUT2D eigenvalue weighted by Gasteiger charge is -2.11. The van der Waals surface area contributed by atoms with Gasteiger partial charge in [-0.1, -0.05) is 25.5 Å². The molecule has 0 amide bonds. The minimum atomic E-state index is -1.10. The summed E-state index contributed by atoms with van der Waals surface area (Å²) in [4.78, 5) is 11.4. The highest BCUT2D eigenvalue weighted by molar-refractivity contribution is 5.93. The minimum absolute atomic E-state index is 0.0669. The van der Waals surface area contributed by atoms with Crippen LogP contribution in [0.5, 0.6) is 5.75 Å². The van der Waals surface area contributed by atoms with Crippen molar-refractivity contribution < 1.29 is 14.6 Å². The molecule has 0 radical (unpaired) electrons. The maximum absolute atomic E-state index is 11.4. The van der Waals surface area contributed by atoms with Crippen molar-refractivity contribution >= 4 is 11.7 Å². The molecule has 0 bridgehead atoms. The fourth-order valence-corrected chi connectivity index (χ4v) is 2.25. The highest BCUT2D eigenvalue weighted by Gasteiger charge is 2.21. The van der Waals surface area contributed by atoms with E-state index in [4.69, 9.17) is 10.5 Å². The largest absolute Gasteiger partial charge is 0.491 e. The number of anilines is 1. The number of nitrogens with zero attached hydrogens (tertiary/aromatic N) is 3. The average molecular weight is 318 g/mol. The first-order chi connectivity index (χ1) is 11.1. The van der Waals surface area contributed by atoms with Crippen molar-refractivity contribution in [2.75, 3.05) is 12.3 Å². The Kier molecular flexibility index (Phi) is 5.56. The number of carbonyl (C=O) groups is 1. The summed E-state index contributed by atoms with van der Waals surface area (Å²) >= 11 is 0. The first kappa shape index (κ1) is 16.8. The number of hydrogen-bond donors (Lipinski definition) is 2. The number of nitrogen functional groups attached to an aromatic ring is 1. The van der Waals surface area contributed by atoms with Crippen molar-refractivity contribution in [3.05, 3.63) is 23.9 Å². The van der Waals surface area contributed by atoms with Crippen LogP contribution >= 0.6 is 0 Å². The van der Waals surface area contributed by atoms with Gasteiger partial charge in [0, 0.05) is 12.1 Å². The predicted octanol–water partition coefficient (Wildman–Crippen LogP) is 2.81. The Hall–Kier alpha value is -2.57. The summed E-state index contributed by atoms with van der Waals surface area (Å²) in [6, 6.07) is 5.25. The monoisotopic (exact) mass is 318 g/mol. The van der Waals surface area contributed by atoms with E-state index < -0.39 is 5.97 Å². The molecule has 0 aliphatic heterocycles. The van der Waals surface area contributed by atoms with E-state index in [0.29, 0.717) is 35.8 Å². The van der Waals surface area contributed by atoms with Crippen molar-refractivity contribution in [3.63, 3.8) is 0 Å². The second-order valence-electron chi connectivity index (χ2n) is 5.27. The maximum atomic E-state index is 11.4. The first-order valence-electron chi connectivity index (χ1n) is 7.77. The molecular weight excluding hydrogens is 296 g/mol. The number of nitrogens with two attached hydrogens (primary N) is 1. The van der Waals surface area contributed by atoms with Gasteiger partial charge in [-0.25, -0.2) is 9.48 Å². The number of carboxylic acids is 1. The Labute approximate surface area is 135 Å². The highest BCUT2D eigenvalue weighted by Crippen LogP contribution is 2.30. The van der Waals surface area contributed by atoms with Crippen LogP contribution in [0.1, 0.15) is 43.6 Å². The summed E-state index contributed by atoms with van der Waals surface area (Å²) in [7, 11) is 0. The Bertz CT molecular complexity index is 682. The number of carboxylic acid groups (broad SMARTS) is 1. The van der Waals surface area contributed by atoms with Gasteiger partial charge >= 0.3 is 5.97 Å². The van der Waals surface area contributed by atoms with Crippen LogP contribution in [-0.2, 0) is 6.54 Å². The molecule has 0 atom stereocenters. The molecule has 7 heteroatoms. The van der Waals surface area contributed by atoms with Gasteiger partial charge in [-0.2, -0.15) is 0 Å². The number of unbranched alkanes of at least 4 members (excludes halogenated alkanes) is 1. The third-order valence-electron chi connectivity index (χ3n) is 3.41. The average Bonchev–Trinajstić information content (AvgIpc) is 2.95. The van der Waals surface area contributed by atoms with E-state index in [9.17, 15) is 9.90 Å². The standard InChI is InChI=1S/C16H22N4O3/c1-3-5-8-20-15(14(16(21)22)18-19-20)11-6-7-13(12(17)10-11)23-9-4-2/h6-7,10H,3-5,8-9,17H2,1-2H3,(H,21,22). The molecular formula is C16H22N4O3. The zero-order valence-electron chi connectivity index (χ0n) is 13.5. The lowest BCUT2D eigenvalue weighted by molar-refractivity contribution is 0.0691. The summed E-state index contributed by atoms with van der Waals surface area (Å²) < 4.78 is 7.17. The summed E-state index contributed by atoms with van der Waals surface area (Å²) in [6.07, 6.45) is 2.76. The van der Waals surface area contributed by atoms with Crippen molar-refractivity contribution in [2.45, 2.75) is 39.7 Å². The molecule has 1 aromatic carbocycles. The van der Waals surface area contributed by atoms with Crippen molar-refractivity contribution in [3.8, 4) is 17.0 Å². The number of aryl methyl sites for hydroxylation is 1. The number of aromatic nitrogens is 3. The Balaban J connectivity index is 2.41. The predicted molar refractivity (Wildman–Crippen MR) is 87.5 cm³/mol. The van der Waals surface area contributed by atoms with Gasteiger partial charge in [0.05, 0.1) is 12.3 Å². The smallest absolute Gasteiger partial charge is 0.358 e. The molecule has 0 aliphatic rings. The first-order valence-corrected chi connectivity index (χ1v) is 7.77. The van der Waals surface area contributed by atoms with Crippen molar-refractivity contribution in [1.82, 2.24) is 15.0 Å². The van der Waals surface area contributed by atoms with Gasteiger partial charge in [-0.15, -0.1) is 5.10 Å². The van der Waals surface area contributed by atoms with Crippen molar-refractivity contribution in [2.24, 2.45) is 0 Å². The van der Waals surface area contributed by atoms with Crippen LogP contribution in [0.3, 0.4) is 0 Å². The highest BCUT2D eigenvalue weighted by atomic mass is 16.5. The number of ether oxygens (including phenoxy) is 1. The molecule has 3 N–H and O–H groups in total. The lowest BCUT2D eigenvalue weighted by atomic mass is 10.1. The molecule has 1 aromatic heterocycles. The molecule has 0 saturated heterocycles. The quantitative estimate of drug-likeness (QED) is 0.725. The van der Waals surface area contributed by atoms with Gasteiger partial charge in [0.25, 0.3) is 0 Å². The van der Waals surface area contributed by atoms with Crippen LogP contribution in [0.15, 0.2) is 18.2 Å². The summed E-state index contributed by atoms with van der Waals surface area (Å²) in [6.45, 7) is 5.27. The summed E-state index contributed by atoms with van der Waals surface area (Å²) in [5, 5.41) is 17.1. The Morgan fingerprint density at radius 3 is 2.74 bits per heavy atom. The minimum Gasteiger partial charge on any atom is -0.491 e. The number of aromatic carboxylic acids is 1. The SMILES string of the molecule is CCCCn1nnc(C(=O)O)c1-c1ccc(OCCC)c(N)c1. The van der Waals surface area contributed by atoms with E-state index in [1.54, 1.807) is 22.9 Å². The molecule has 124 valence electrons. The molecule has 0 aliphatic carbocycles. The molecule has 2 aromatic rings. The van der Waals surface area contributed by atoms with Crippen molar-refractivity contribution in [1.29, 1.82) is 0 Å². The van der Waals surface area contributed by atoms with E-state index in [0.717, 1.165) is 19.3 Å². The summed E-state index contributed by atoms with van der Waals surface area (Å²) in [5.74, 6) is -0.507. The van der Waals surface area contributed by atoms with Crippen LogP contribution in [0.25, 0.3) is 11.3 Å². The van der Waals surface area contributed by atoms with E-state index in [1.807, 2.05) is 6.92 Å². The fourth-order valence-electron chi connectivity index (χ4n) is 2.25. The lowest BCUT2D eigenvalue weighted by Crippen LogP contribution is -2.06. The normalized spacial score (nSPS) is 10.7. The second-order valence-corrected chi connectivity index (χ2v) is 5.27. The number of benzene rings is 1. The van der Waals surface area contributed by atoms with E-state index >= 15 is 0 Å². The zero-order valence-corrected chi connectivity index (χ0v) is 13.5. The number of hydrogen-bond acceptors (Lipinski definition) is 5. The van der Waals surface area contributed by atoms with Crippen LogP contribution in [0.4, 0.5) is 5.69 Å². The number of rotatable bonds is 8.